The molecule has 9 heteroatoms. The monoisotopic (exact) mass is 387 g/mol. The zero-order chi connectivity index (χ0) is 20.2. The van der Waals surface area contributed by atoms with Crippen molar-refractivity contribution in [3.63, 3.8) is 0 Å². The minimum atomic E-state index is -0.524. The van der Waals surface area contributed by atoms with Crippen molar-refractivity contribution >= 4 is 17.6 Å². The molecule has 0 aromatic carbocycles. The summed E-state index contributed by atoms with van der Waals surface area (Å²) in [5.41, 5.74) is 1.37. The summed E-state index contributed by atoms with van der Waals surface area (Å²) in [6.45, 7) is 9.33. The highest BCUT2D eigenvalue weighted by atomic mass is 16.6. The number of hydrogen-bond donors (Lipinski definition) is 1. The van der Waals surface area contributed by atoms with Crippen LogP contribution in [0.15, 0.2) is 10.9 Å². The van der Waals surface area contributed by atoms with Crippen molar-refractivity contribution in [1.29, 1.82) is 0 Å². The smallest absolute Gasteiger partial charge is 0.410 e. The number of hydrogen-bond acceptors (Lipinski definition) is 5. The maximum Gasteiger partial charge on any atom is 0.410 e. The van der Waals surface area contributed by atoms with E-state index in [1.807, 2.05) is 27.7 Å². The molecule has 4 heterocycles. The van der Waals surface area contributed by atoms with E-state index in [0.717, 1.165) is 12.1 Å². The molecule has 1 N–H and O–H groups in total. The quantitative estimate of drug-likeness (QED) is 0.858. The molecule has 2 aliphatic rings. The van der Waals surface area contributed by atoms with E-state index in [9.17, 15) is 14.4 Å². The zero-order valence-corrected chi connectivity index (χ0v) is 16.6. The second-order valence-electron chi connectivity index (χ2n) is 8.51. The Kier molecular flexibility index (Phi) is 4.20. The van der Waals surface area contributed by atoms with E-state index in [4.69, 9.17) is 4.74 Å². The normalized spacial score (nSPS) is 17.2. The van der Waals surface area contributed by atoms with Crippen molar-refractivity contribution in [3.8, 4) is 0 Å². The number of ether oxygens (including phenoxy) is 1. The number of carbonyl (C=O) groups excluding carboxylic acids is 2. The van der Waals surface area contributed by atoms with E-state index in [1.54, 1.807) is 15.9 Å². The fraction of sp³-hybridized carbons (Fsp3) is 0.579. The molecule has 2 amide bonds. The van der Waals surface area contributed by atoms with E-state index in [1.165, 1.54) is 4.52 Å². The lowest BCUT2D eigenvalue weighted by Gasteiger charge is -2.41. The molecule has 0 saturated carbocycles. The lowest BCUT2D eigenvalue weighted by Crippen LogP contribution is -2.54. The molecular weight excluding hydrogens is 362 g/mol. The largest absolute Gasteiger partial charge is 0.444 e. The lowest BCUT2D eigenvalue weighted by molar-refractivity contribution is -0.00542. The molecule has 28 heavy (non-hydrogen) atoms. The van der Waals surface area contributed by atoms with Gasteiger partial charge in [-0.15, -0.1) is 0 Å². The summed E-state index contributed by atoms with van der Waals surface area (Å²) in [4.78, 5) is 43.9. The predicted molar refractivity (Wildman–Crippen MR) is 101 cm³/mol. The molecule has 1 saturated heterocycles. The topological polar surface area (TPSA) is 100 Å². The third-order valence-electron chi connectivity index (χ3n) is 5.07. The standard InChI is InChI=1S/C19H25N5O4/c1-5-12-6-14-20-15-13(16(25)24(14)21-12)10-22(17(15)26)7-11-8-23(9-11)18(27)28-19(2,3)4/h6,11,20H,5,7-10H2,1-4H3. The molecule has 2 aliphatic heterocycles. The van der Waals surface area contributed by atoms with Crippen LogP contribution in [0.4, 0.5) is 4.79 Å². The van der Waals surface area contributed by atoms with Crippen LogP contribution in [0.3, 0.4) is 0 Å². The number of fused-ring (bicyclic) bond motifs is 2. The Morgan fingerprint density at radius 3 is 2.68 bits per heavy atom. The molecule has 2 aromatic heterocycles. The van der Waals surface area contributed by atoms with Gasteiger partial charge >= 0.3 is 6.09 Å². The van der Waals surface area contributed by atoms with Crippen molar-refractivity contribution < 1.29 is 14.3 Å². The highest BCUT2D eigenvalue weighted by Gasteiger charge is 2.38. The summed E-state index contributed by atoms with van der Waals surface area (Å²) < 4.78 is 6.69. The number of H-pyrrole nitrogens is 1. The molecule has 0 spiro atoms. The number of aromatic nitrogens is 3. The van der Waals surface area contributed by atoms with E-state index >= 15 is 0 Å². The Morgan fingerprint density at radius 2 is 2.04 bits per heavy atom. The van der Waals surface area contributed by atoms with Gasteiger partial charge in [0.25, 0.3) is 11.5 Å². The van der Waals surface area contributed by atoms with Crippen LogP contribution in [0.5, 0.6) is 0 Å². The van der Waals surface area contributed by atoms with Crippen LogP contribution in [0.25, 0.3) is 5.65 Å². The SMILES string of the molecule is CCc1cc2[nH]c3c(c(=O)n2n1)CN(CC1CN(C(=O)OC(C)(C)C)C1)C3=O. The maximum atomic E-state index is 12.8. The van der Waals surface area contributed by atoms with Crippen molar-refractivity contribution in [2.45, 2.75) is 46.3 Å². The Hall–Kier alpha value is -2.84. The van der Waals surface area contributed by atoms with Gasteiger partial charge in [-0.05, 0) is 27.2 Å². The first-order chi connectivity index (χ1) is 13.2. The zero-order valence-electron chi connectivity index (χ0n) is 16.6. The van der Waals surface area contributed by atoms with Gasteiger partial charge in [-0.1, -0.05) is 6.92 Å². The summed E-state index contributed by atoms with van der Waals surface area (Å²) in [5, 5.41) is 4.29. The molecule has 4 rings (SSSR count). The van der Waals surface area contributed by atoms with Crippen LogP contribution in [0.2, 0.25) is 0 Å². The second kappa shape index (κ2) is 6.35. The van der Waals surface area contributed by atoms with Crippen molar-refractivity contribution in [1.82, 2.24) is 24.4 Å². The Morgan fingerprint density at radius 1 is 1.32 bits per heavy atom. The first-order valence-corrected chi connectivity index (χ1v) is 9.57. The summed E-state index contributed by atoms with van der Waals surface area (Å²) in [5.74, 6) is 0.00114. The molecule has 0 atom stereocenters. The summed E-state index contributed by atoms with van der Waals surface area (Å²) >= 11 is 0. The van der Waals surface area contributed by atoms with Gasteiger partial charge in [0.2, 0.25) is 0 Å². The van der Waals surface area contributed by atoms with Gasteiger partial charge in [-0.2, -0.15) is 9.61 Å². The number of carbonyl (C=O) groups is 2. The minimum Gasteiger partial charge on any atom is -0.444 e. The van der Waals surface area contributed by atoms with Gasteiger partial charge < -0.3 is 19.5 Å². The van der Waals surface area contributed by atoms with Crippen molar-refractivity contribution in [2.75, 3.05) is 19.6 Å². The van der Waals surface area contributed by atoms with Crippen LogP contribution >= 0.6 is 0 Å². The number of likely N-dealkylation sites (tertiary alicyclic amines) is 1. The third-order valence-corrected chi connectivity index (χ3v) is 5.07. The molecule has 1 fully saturated rings. The fourth-order valence-electron chi connectivity index (χ4n) is 3.66. The van der Waals surface area contributed by atoms with Gasteiger partial charge in [0.1, 0.15) is 16.9 Å². The van der Waals surface area contributed by atoms with E-state index in [-0.39, 0.29) is 30.0 Å². The maximum absolute atomic E-state index is 12.8. The molecule has 0 radical (unpaired) electrons. The molecule has 2 aromatic rings. The average Bonchev–Trinajstić information content (AvgIpc) is 3.12. The van der Waals surface area contributed by atoms with Crippen LogP contribution in [0, 0.1) is 5.92 Å². The summed E-state index contributed by atoms with van der Waals surface area (Å²) in [7, 11) is 0. The lowest BCUT2D eigenvalue weighted by atomic mass is 10.0. The second-order valence-corrected chi connectivity index (χ2v) is 8.51. The third kappa shape index (κ3) is 3.14. The number of aromatic amines is 1. The summed E-state index contributed by atoms with van der Waals surface area (Å²) in [6, 6.07) is 1.79. The molecule has 9 nitrogen and oxygen atoms in total. The first kappa shape index (κ1) is 18.5. The predicted octanol–water partition coefficient (Wildman–Crippen LogP) is 1.41. The Labute approximate surface area is 162 Å². The van der Waals surface area contributed by atoms with Gasteiger partial charge in [0.05, 0.1) is 17.8 Å². The van der Waals surface area contributed by atoms with Crippen molar-refractivity contribution in [2.24, 2.45) is 5.92 Å². The summed E-state index contributed by atoms with van der Waals surface area (Å²) in [6.07, 6.45) is 0.387. The Bertz CT molecular complexity index is 1010. The van der Waals surface area contributed by atoms with Crippen LogP contribution in [-0.4, -0.2) is 61.6 Å². The van der Waals surface area contributed by atoms with Crippen LogP contribution in [-0.2, 0) is 17.7 Å². The number of amides is 2. The van der Waals surface area contributed by atoms with Gasteiger partial charge in [-0.25, -0.2) is 4.79 Å². The molecule has 150 valence electrons. The molecule has 0 aliphatic carbocycles. The van der Waals surface area contributed by atoms with Gasteiger partial charge in [0, 0.05) is 31.6 Å². The molecule has 0 bridgehead atoms. The molecular formula is C19H25N5O4. The highest BCUT2D eigenvalue weighted by molar-refractivity contribution is 5.96. The highest BCUT2D eigenvalue weighted by Crippen LogP contribution is 2.25. The minimum absolute atomic E-state index is 0.176. The van der Waals surface area contributed by atoms with Gasteiger partial charge in [0.15, 0.2) is 0 Å². The number of aryl methyl sites for hydroxylation is 1. The van der Waals surface area contributed by atoms with E-state index in [0.29, 0.717) is 36.5 Å². The fourth-order valence-corrected chi connectivity index (χ4v) is 3.66. The number of rotatable bonds is 3. The van der Waals surface area contributed by atoms with E-state index in [2.05, 4.69) is 10.1 Å². The number of nitrogens with zero attached hydrogens (tertiary/aromatic N) is 4. The van der Waals surface area contributed by atoms with Gasteiger partial charge in [-0.3, -0.25) is 9.59 Å². The Balaban J connectivity index is 1.43. The van der Waals surface area contributed by atoms with Crippen LogP contribution in [0.1, 0.15) is 49.4 Å². The average molecular weight is 387 g/mol. The van der Waals surface area contributed by atoms with E-state index < -0.39 is 5.60 Å². The number of nitrogens with one attached hydrogen (secondary N) is 1. The van der Waals surface area contributed by atoms with Crippen LogP contribution < -0.4 is 5.56 Å². The molecule has 0 unspecified atom stereocenters. The first-order valence-electron chi connectivity index (χ1n) is 9.57. The van der Waals surface area contributed by atoms with Crippen molar-refractivity contribution in [3.05, 3.63) is 33.4 Å².